The molecule has 3 aromatic rings. The van der Waals surface area contributed by atoms with Crippen LogP contribution in [0.1, 0.15) is 18.1 Å². The molecule has 0 aliphatic heterocycles. The van der Waals surface area contributed by atoms with Gasteiger partial charge in [-0.25, -0.2) is 0 Å². The number of benzene rings is 2. The van der Waals surface area contributed by atoms with Crippen molar-refractivity contribution in [3.63, 3.8) is 0 Å². The third kappa shape index (κ3) is 2.94. The summed E-state index contributed by atoms with van der Waals surface area (Å²) in [5.41, 5.74) is 1.58. The molecule has 0 aliphatic carbocycles. The van der Waals surface area contributed by atoms with Crippen molar-refractivity contribution in [2.45, 2.75) is 20.1 Å². The summed E-state index contributed by atoms with van der Waals surface area (Å²) in [6, 6.07) is 14.1. The van der Waals surface area contributed by atoms with Crippen molar-refractivity contribution < 1.29 is 19.1 Å². The molecule has 0 saturated heterocycles. The summed E-state index contributed by atoms with van der Waals surface area (Å²) < 4.78 is 11.0. The van der Waals surface area contributed by atoms with Crippen LogP contribution in [0.3, 0.4) is 0 Å². The maximum atomic E-state index is 12.9. The quantitative estimate of drug-likeness (QED) is 0.747. The molecule has 0 saturated carbocycles. The van der Waals surface area contributed by atoms with Gasteiger partial charge in [-0.05, 0) is 6.07 Å². The first-order valence-corrected chi connectivity index (χ1v) is 7.49. The van der Waals surface area contributed by atoms with Crippen LogP contribution in [0, 0.1) is 0 Å². The summed E-state index contributed by atoms with van der Waals surface area (Å²) in [4.78, 5) is 24.0. The van der Waals surface area contributed by atoms with Crippen LogP contribution in [0.4, 0.5) is 0 Å². The summed E-state index contributed by atoms with van der Waals surface area (Å²) in [5.74, 6) is -0.132. The zero-order valence-corrected chi connectivity index (χ0v) is 13.1. The van der Waals surface area contributed by atoms with Gasteiger partial charge >= 0.3 is 5.97 Å². The van der Waals surface area contributed by atoms with Gasteiger partial charge in [-0.3, -0.25) is 9.59 Å². The largest absolute Gasteiger partial charge is 0.461 e. The number of carbonyl (C=O) groups is 1. The Morgan fingerprint density at radius 3 is 2.54 bits per heavy atom. The molecular formula is C19H16O5. The number of hydrogen-bond donors (Lipinski definition) is 1. The van der Waals surface area contributed by atoms with Gasteiger partial charge in [0.15, 0.2) is 5.43 Å². The van der Waals surface area contributed by atoms with Gasteiger partial charge in [0, 0.05) is 18.1 Å². The molecule has 0 aliphatic rings. The highest BCUT2D eigenvalue weighted by molar-refractivity contribution is 5.83. The van der Waals surface area contributed by atoms with E-state index in [1.54, 1.807) is 18.2 Å². The smallest absolute Gasteiger partial charge is 0.302 e. The van der Waals surface area contributed by atoms with E-state index in [1.807, 2.05) is 30.3 Å². The first-order chi connectivity index (χ1) is 11.6. The predicted octanol–water partition coefficient (Wildman–Crippen LogP) is 3.02. The topological polar surface area (TPSA) is 76.7 Å². The zero-order chi connectivity index (χ0) is 17.1. The van der Waals surface area contributed by atoms with Crippen LogP contribution < -0.4 is 5.43 Å². The molecule has 1 aromatic heterocycles. The van der Waals surface area contributed by atoms with E-state index in [2.05, 4.69) is 0 Å². The molecular weight excluding hydrogens is 308 g/mol. The SMILES string of the molecule is CC(=O)OCc1c(-c2ccccc2)oc2c(CO)cccc2c1=O. The summed E-state index contributed by atoms with van der Waals surface area (Å²) >= 11 is 0. The molecule has 0 unspecified atom stereocenters. The fraction of sp³-hybridized carbons (Fsp3) is 0.158. The summed E-state index contributed by atoms with van der Waals surface area (Å²) in [6.45, 7) is 0.883. The molecule has 0 amide bonds. The average Bonchev–Trinajstić information content (AvgIpc) is 2.61. The highest BCUT2D eigenvalue weighted by atomic mass is 16.5. The lowest BCUT2D eigenvalue weighted by Crippen LogP contribution is -2.14. The van der Waals surface area contributed by atoms with Crippen molar-refractivity contribution in [1.82, 2.24) is 0 Å². The van der Waals surface area contributed by atoms with Crippen molar-refractivity contribution >= 4 is 16.9 Å². The Kier molecular flexibility index (Phi) is 4.44. The lowest BCUT2D eigenvalue weighted by molar-refractivity contribution is -0.142. The van der Waals surface area contributed by atoms with Gasteiger partial charge in [-0.15, -0.1) is 0 Å². The molecule has 0 fully saturated rings. The normalized spacial score (nSPS) is 10.8. The lowest BCUT2D eigenvalue weighted by Gasteiger charge is -2.11. The van der Waals surface area contributed by atoms with Crippen LogP contribution in [-0.2, 0) is 22.7 Å². The molecule has 0 bridgehead atoms. The zero-order valence-electron chi connectivity index (χ0n) is 13.1. The molecule has 5 nitrogen and oxygen atoms in total. The fourth-order valence-corrected chi connectivity index (χ4v) is 2.57. The maximum Gasteiger partial charge on any atom is 0.302 e. The van der Waals surface area contributed by atoms with E-state index in [0.29, 0.717) is 27.9 Å². The second kappa shape index (κ2) is 6.68. The van der Waals surface area contributed by atoms with Crippen LogP contribution in [0.25, 0.3) is 22.3 Å². The van der Waals surface area contributed by atoms with Crippen LogP contribution in [0.15, 0.2) is 57.7 Å². The Balaban J connectivity index is 2.31. The second-order valence-electron chi connectivity index (χ2n) is 5.34. The van der Waals surface area contributed by atoms with E-state index in [0.717, 1.165) is 0 Å². The predicted molar refractivity (Wildman–Crippen MR) is 89.3 cm³/mol. The Morgan fingerprint density at radius 1 is 1.12 bits per heavy atom. The van der Waals surface area contributed by atoms with Gasteiger partial charge in [0.1, 0.15) is 18.0 Å². The molecule has 0 spiro atoms. The summed E-state index contributed by atoms with van der Waals surface area (Å²) in [5, 5.41) is 9.85. The van der Waals surface area contributed by atoms with E-state index in [4.69, 9.17) is 9.15 Å². The minimum atomic E-state index is -0.474. The number of fused-ring (bicyclic) bond motifs is 1. The Bertz CT molecular complexity index is 941. The number of carbonyl (C=O) groups excluding carboxylic acids is 1. The number of ether oxygens (including phenoxy) is 1. The third-order valence-corrected chi connectivity index (χ3v) is 3.72. The maximum absolute atomic E-state index is 12.9. The van der Waals surface area contributed by atoms with E-state index in [-0.39, 0.29) is 24.2 Å². The van der Waals surface area contributed by atoms with E-state index < -0.39 is 5.97 Å². The molecule has 0 atom stereocenters. The standard InChI is InChI=1S/C19H16O5/c1-12(21)23-11-16-17(22)15-9-5-8-14(10-20)19(15)24-18(16)13-6-3-2-4-7-13/h2-9,20H,10-11H2,1H3. The molecule has 1 N–H and O–H groups in total. The molecule has 1 heterocycles. The minimum absolute atomic E-state index is 0.165. The molecule has 5 heteroatoms. The minimum Gasteiger partial charge on any atom is -0.461 e. The van der Waals surface area contributed by atoms with Crippen molar-refractivity contribution in [1.29, 1.82) is 0 Å². The summed E-state index contributed by atoms with van der Waals surface area (Å²) in [7, 11) is 0. The van der Waals surface area contributed by atoms with Crippen LogP contribution in [0.5, 0.6) is 0 Å². The Hall–Kier alpha value is -2.92. The highest BCUT2D eigenvalue weighted by Gasteiger charge is 2.18. The van der Waals surface area contributed by atoms with Gasteiger partial charge in [-0.2, -0.15) is 0 Å². The van der Waals surface area contributed by atoms with Crippen LogP contribution in [-0.4, -0.2) is 11.1 Å². The van der Waals surface area contributed by atoms with Crippen molar-refractivity contribution in [2.24, 2.45) is 0 Å². The van der Waals surface area contributed by atoms with Gasteiger partial charge in [-0.1, -0.05) is 42.5 Å². The molecule has 2 aromatic carbocycles. The number of aliphatic hydroxyl groups is 1. The van der Waals surface area contributed by atoms with E-state index >= 15 is 0 Å². The molecule has 0 radical (unpaired) electrons. The number of esters is 1. The monoisotopic (exact) mass is 324 g/mol. The first kappa shape index (κ1) is 16.0. The molecule has 24 heavy (non-hydrogen) atoms. The summed E-state index contributed by atoms with van der Waals surface area (Å²) in [6.07, 6.45) is 0. The van der Waals surface area contributed by atoms with Gasteiger partial charge in [0.2, 0.25) is 0 Å². The number of para-hydroxylation sites is 1. The van der Waals surface area contributed by atoms with Crippen LogP contribution in [0.2, 0.25) is 0 Å². The second-order valence-corrected chi connectivity index (χ2v) is 5.34. The number of hydrogen-bond acceptors (Lipinski definition) is 5. The van der Waals surface area contributed by atoms with Gasteiger partial charge in [0.05, 0.1) is 17.6 Å². The number of rotatable bonds is 4. The average molecular weight is 324 g/mol. The van der Waals surface area contributed by atoms with E-state index in [9.17, 15) is 14.7 Å². The van der Waals surface area contributed by atoms with Crippen molar-refractivity contribution in [3.8, 4) is 11.3 Å². The Morgan fingerprint density at radius 2 is 1.88 bits per heavy atom. The van der Waals surface area contributed by atoms with Crippen molar-refractivity contribution in [3.05, 3.63) is 69.9 Å². The lowest BCUT2D eigenvalue weighted by atomic mass is 10.0. The third-order valence-electron chi connectivity index (χ3n) is 3.72. The number of aliphatic hydroxyl groups excluding tert-OH is 1. The van der Waals surface area contributed by atoms with Crippen molar-refractivity contribution in [2.75, 3.05) is 0 Å². The first-order valence-electron chi connectivity index (χ1n) is 7.49. The molecule has 122 valence electrons. The van der Waals surface area contributed by atoms with Gasteiger partial charge in [0.25, 0.3) is 0 Å². The molecule has 3 rings (SSSR count). The fourth-order valence-electron chi connectivity index (χ4n) is 2.57. The van der Waals surface area contributed by atoms with E-state index in [1.165, 1.54) is 6.92 Å². The van der Waals surface area contributed by atoms with Gasteiger partial charge < -0.3 is 14.3 Å². The Labute approximate surface area is 138 Å². The van der Waals surface area contributed by atoms with Crippen LogP contribution >= 0.6 is 0 Å². The highest BCUT2D eigenvalue weighted by Crippen LogP contribution is 2.28.